The minimum absolute atomic E-state index is 0.00509. The van der Waals surface area contributed by atoms with Crippen LogP contribution in [0.2, 0.25) is 0 Å². The zero-order valence-corrected chi connectivity index (χ0v) is 18.6. The number of carbonyl (C=O) groups excluding carboxylic acids is 3. The number of Topliss-reactive ketones (excluding diaryl/α,β-unsaturated/α-hetero) is 1. The topological polar surface area (TPSA) is 69.7 Å². The zero-order valence-electron chi connectivity index (χ0n) is 18.6. The molecule has 0 aromatic rings. The fourth-order valence-corrected chi connectivity index (χ4v) is 8.22. The molecule has 29 heavy (non-hydrogen) atoms. The Bertz CT molecular complexity index is 746. The van der Waals surface area contributed by atoms with Crippen LogP contribution in [0.4, 0.5) is 0 Å². The van der Waals surface area contributed by atoms with Crippen molar-refractivity contribution in [1.82, 2.24) is 0 Å². The molecule has 4 rings (SSSR count). The van der Waals surface area contributed by atoms with Gasteiger partial charge in [-0.2, -0.15) is 0 Å². The molecule has 0 saturated heterocycles. The van der Waals surface area contributed by atoms with Crippen molar-refractivity contribution >= 4 is 17.7 Å². The van der Waals surface area contributed by atoms with Crippen molar-refractivity contribution < 1.29 is 23.9 Å². The van der Waals surface area contributed by atoms with Gasteiger partial charge in [-0.1, -0.05) is 27.2 Å². The fourth-order valence-electron chi connectivity index (χ4n) is 8.22. The Morgan fingerprint density at radius 1 is 0.966 bits per heavy atom. The number of hydrogen-bond acceptors (Lipinski definition) is 5. The van der Waals surface area contributed by atoms with Crippen molar-refractivity contribution in [2.24, 2.45) is 33.5 Å². The molecule has 7 atom stereocenters. The summed E-state index contributed by atoms with van der Waals surface area (Å²) < 4.78 is 11.5. The van der Waals surface area contributed by atoms with E-state index in [-0.39, 0.29) is 46.1 Å². The molecule has 162 valence electrons. The molecule has 0 aromatic heterocycles. The van der Waals surface area contributed by atoms with Gasteiger partial charge in [0, 0.05) is 24.7 Å². The van der Waals surface area contributed by atoms with Crippen LogP contribution in [0.25, 0.3) is 0 Å². The first kappa shape index (κ1) is 20.9. The standard InChI is InChI=1S/C24H36O5/c1-15(25)28-14-22(4)8-6-9-23(5)17-7-10-21(3)11-12-24(17,20(21)27)19(13-18(22)23)29-16(2)26/h17-19H,6-14H2,1-5H3/t17-,18+,19-,21+,22+,23-,24+/m0/s1. The molecule has 4 aliphatic rings. The van der Waals surface area contributed by atoms with Gasteiger partial charge in [-0.05, 0) is 62.2 Å². The summed E-state index contributed by atoms with van der Waals surface area (Å²) in [6, 6.07) is 0. The van der Waals surface area contributed by atoms with Gasteiger partial charge in [-0.3, -0.25) is 14.4 Å². The van der Waals surface area contributed by atoms with Crippen LogP contribution in [0.3, 0.4) is 0 Å². The normalized spacial score (nSPS) is 48.4. The summed E-state index contributed by atoms with van der Waals surface area (Å²) in [5, 5.41) is 0. The van der Waals surface area contributed by atoms with Gasteiger partial charge < -0.3 is 9.47 Å². The summed E-state index contributed by atoms with van der Waals surface area (Å²) in [6.07, 6.45) is 7.24. The smallest absolute Gasteiger partial charge is 0.302 e. The molecule has 0 radical (unpaired) electrons. The SMILES string of the molecule is CC(=O)OC[C@@]1(C)CCC[C@]2(C)[C@@H]1C[C@H](OC(C)=O)[C@@]13CC[C@@](C)(CC[C@@H]21)C3=O. The predicted molar refractivity (Wildman–Crippen MR) is 108 cm³/mol. The van der Waals surface area contributed by atoms with Crippen molar-refractivity contribution in [1.29, 1.82) is 0 Å². The quantitative estimate of drug-likeness (QED) is 0.650. The van der Waals surface area contributed by atoms with Gasteiger partial charge in [0.15, 0.2) is 0 Å². The van der Waals surface area contributed by atoms with E-state index in [1.807, 2.05) is 0 Å². The third kappa shape index (κ3) is 2.82. The average Bonchev–Trinajstić information content (AvgIpc) is 2.78. The molecule has 2 bridgehead atoms. The number of carbonyl (C=O) groups is 3. The molecule has 0 amide bonds. The Balaban J connectivity index is 1.78. The number of hydrogen-bond donors (Lipinski definition) is 0. The lowest BCUT2D eigenvalue weighted by atomic mass is 9.39. The summed E-state index contributed by atoms with van der Waals surface area (Å²) in [6.45, 7) is 10.0. The van der Waals surface area contributed by atoms with Gasteiger partial charge in [0.2, 0.25) is 0 Å². The maximum atomic E-state index is 13.8. The van der Waals surface area contributed by atoms with E-state index in [0.717, 1.165) is 44.9 Å². The molecule has 0 heterocycles. The highest BCUT2D eigenvalue weighted by molar-refractivity contribution is 5.94. The van der Waals surface area contributed by atoms with E-state index in [2.05, 4.69) is 20.8 Å². The van der Waals surface area contributed by atoms with Gasteiger partial charge in [0.1, 0.15) is 11.9 Å². The first-order valence-corrected chi connectivity index (χ1v) is 11.3. The highest BCUT2D eigenvalue weighted by Gasteiger charge is 2.73. The van der Waals surface area contributed by atoms with Crippen LogP contribution >= 0.6 is 0 Å². The Kier molecular flexibility index (Phi) is 4.71. The van der Waals surface area contributed by atoms with Crippen molar-refractivity contribution in [2.75, 3.05) is 6.61 Å². The lowest BCUT2D eigenvalue weighted by Crippen LogP contribution is -2.66. The molecule has 4 aliphatic carbocycles. The average molecular weight is 405 g/mol. The number of esters is 2. The molecule has 4 saturated carbocycles. The van der Waals surface area contributed by atoms with E-state index in [0.29, 0.717) is 18.8 Å². The molecular weight excluding hydrogens is 368 g/mol. The minimum atomic E-state index is -0.524. The second-order valence-corrected chi connectivity index (χ2v) is 11.2. The van der Waals surface area contributed by atoms with Crippen LogP contribution in [0, 0.1) is 33.5 Å². The third-order valence-corrected chi connectivity index (χ3v) is 9.50. The predicted octanol–water partition coefficient (Wildman–Crippen LogP) is 4.46. The van der Waals surface area contributed by atoms with Crippen molar-refractivity contribution in [2.45, 2.75) is 92.1 Å². The van der Waals surface area contributed by atoms with Crippen LogP contribution in [0.15, 0.2) is 0 Å². The van der Waals surface area contributed by atoms with Crippen LogP contribution in [0.5, 0.6) is 0 Å². The van der Waals surface area contributed by atoms with Gasteiger partial charge in [0.05, 0.1) is 12.0 Å². The first-order valence-electron chi connectivity index (χ1n) is 11.3. The summed E-state index contributed by atoms with van der Waals surface area (Å²) in [5.41, 5.74) is -0.927. The Morgan fingerprint density at radius 3 is 2.34 bits per heavy atom. The second kappa shape index (κ2) is 6.55. The van der Waals surface area contributed by atoms with Gasteiger partial charge in [0.25, 0.3) is 0 Å². The molecule has 0 N–H and O–H groups in total. The molecule has 0 aromatic carbocycles. The van der Waals surface area contributed by atoms with E-state index in [9.17, 15) is 14.4 Å². The lowest BCUT2D eigenvalue weighted by molar-refractivity contribution is -0.218. The van der Waals surface area contributed by atoms with E-state index >= 15 is 0 Å². The number of fused-ring (bicyclic) bond motifs is 3. The summed E-state index contributed by atoms with van der Waals surface area (Å²) >= 11 is 0. The van der Waals surface area contributed by atoms with E-state index in [1.165, 1.54) is 13.8 Å². The van der Waals surface area contributed by atoms with Crippen LogP contribution in [-0.4, -0.2) is 30.4 Å². The zero-order chi connectivity index (χ0) is 21.2. The van der Waals surface area contributed by atoms with Gasteiger partial charge in [-0.15, -0.1) is 0 Å². The molecular formula is C24H36O5. The maximum Gasteiger partial charge on any atom is 0.302 e. The summed E-state index contributed by atoms with van der Waals surface area (Å²) in [7, 11) is 0. The van der Waals surface area contributed by atoms with E-state index < -0.39 is 5.41 Å². The number of rotatable bonds is 3. The Morgan fingerprint density at radius 2 is 1.69 bits per heavy atom. The molecule has 1 spiro atoms. The Labute approximate surface area is 174 Å². The van der Waals surface area contributed by atoms with Crippen molar-refractivity contribution in [3.05, 3.63) is 0 Å². The third-order valence-electron chi connectivity index (χ3n) is 9.50. The maximum absolute atomic E-state index is 13.8. The van der Waals surface area contributed by atoms with Gasteiger partial charge in [-0.25, -0.2) is 0 Å². The summed E-state index contributed by atoms with van der Waals surface area (Å²) in [5.74, 6) is 0.302. The molecule has 0 unspecified atom stereocenters. The minimum Gasteiger partial charge on any atom is -0.465 e. The summed E-state index contributed by atoms with van der Waals surface area (Å²) in [4.78, 5) is 37.4. The molecule has 5 nitrogen and oxygen atoms in total. The highest BCUT2D eigenvalue weighted by atomic mass is 16.5. The fraction of sp³-hybridized carbons (Fsp3) is 0.875. The van der Waals surface area contributed by atoms with Crippen LogP contribution in [-0.2, 0) is 23.9 Å². The molecule has 5 heteroatoms. The largest absolute Gasteiger partial charge is 0.465 e. The van der Waals surface area contributed by atoms with Gasteiger partial charge >= 0.3 is 11.9 Å². The Hall–Kier alpha value is -1.39. The van der Waals surface area contributed by atoms with Crippen molar-refractivity contribution in [3.63, 3.8) is 0 Å². The second-order valence-electron chi connectivity index (χ2n) is 11.2. The van der Waals surface area contributed by atoms with E-state index in [4.69, 9.17) is 9.47 Å². The molecule has 4 fully saturated rings. The molecule has 0 aliphatic heterocycles. The lowest BCUT2D eigenvalue weighted by Gasteiger charge is -2.65. The number of ketones is 1. The monoisotopic (exact) mass is 404 g/mol. The van der Waals surface area contributed by atoms with Crippen molar-refractivity contribution in [3.8, 4) is 0 Å². The van der Waals surface area contributed by atoms with Crippen LogP contribution in [0.1, 0.15) is 86.0 Å². The van der Waals surface area contributed by atoms with Crippen LogP contribution < -0.4 is 0 Å². The number of ether oxygens (including phenoxy) is 2. The first-order chi connectivity index (χ1) is 13.5. The van der Waals surface area contributed by atoms with E-state index in [1.54, 1.807) is 0 Å². The highest BCUT2D eigenvalue weighted by Crippen LogP contribution is 2.72.